The number of hydrogen-bond donors (Lipinski definition) is 1. The third kappa shape index (κ3) is 5.44. The predicted octanol–water partition coefficient (Wildman–Crippen LogP) is 4.81. The van der Waals surface area contributed by atoms with Crippen molar-refractivity contribution in [3.63, 3.8) is 0 Å². The van der Waals surface area contributed by atoms with Crippen molar-refractivity contribution < 1.29 is 9.53 Å². The van der Waals surface area contributed by atoms with Crippen LogP contribution in [-0.2, 0) is 6.54 Å². The number of benzene rings is 1. The minimum atomic E-state index is -0.491. The van der Waals surface area contributed by atoms with Crippen LogP contribution in [0.1, 0.15) is 53.6 Å². The number of nitrogens with zero attached hydrogens (tertiary/aromatic N) is 2. The molecule has 166 valence electrons. The second kappa shape index (κ2) is 10.3. The largest absolute Gasteiger partial charge is 0.489 e. The zero-order chi connectivity index (χ0) is 22.3. The number of amides is 1. The fourth-order valence-electron chi connectivity index (χ4n) is 4.18. The maximum atomic E-state index is 13.0. The molecule has 1 amide bonds. The fraction of sp³-hybridized carbons (Fsp3) is 0.346. The SMILES string of the molecule is Cc1cccc(Cn2cccc(C(=O)Nc3ncccc3OCC3CCCCC3)c2=O)c1. The first-order valence-electron chi connectivity index (χ1n) is 11.2. The van der Waals surface area contributed by atoms with Gasteiger partial charge in [0.05, 0.1) is 13.2 Å². The van der Waals surface area contributed by atoms with Gasteiger partial charge in [0.15, 0.2) is 11.6 Å². The monoisotopic (exact) mass is 431 g/mol. The van der Waals surface area contributed by atoms with Crippen LogP contribution in [0, 0.1) is 12.8 Å². The van der Waals surface area contributed by atoms with Crippen molar-refractivity contribution in [2.75, 3.05) is 11.9 Å². The number of aryl methyl sites for hydroxylation is 1. The Kier molecular flexibility index (Phi) is 7.00. The van der Waals surface area contributed by atoms with Crippen LogP contribution in [0.5, 0.6) is 5.75 Å². The fourth-order valence-corrected chi connectivity index (χ4v) is 4.18. The molecule has 6 nitrogen and oxygen atoms in total. The first-order chi connectivity index (χ1) is 15.6. The first-order valence-corrected chi connectivity index (χ1v) is 11.2. The minimum absolute atomic E-state index is 0.0732. The molecule has 4 rings (SSSR count). The van der Waals surface area contributed by atoms with E-state index in [1.165, 1.54) is 38.2 Å². The Morgan fingerprint density at radius 2 is 1.97 bits per heavy atom. The molecular formula is C26H29N3O3. The Labute approximate surface area is 188 Å². The molecule has 0 spiro atoms. The quantitative estimate of drug-likeness (QED) is 0.583. The van der Waals surface area contributed by atoms with E-state index in [4.69, 9.17) is 4.74 Å². The van der Waals surface area contributed by atoms with Gasteiger partial charge in [0.2, 0.25) is 0 Å². The van der Waals surface area contributed by atoms with Crippen LogP contribution in [0.15, 0.2) is 65.7 Å². The van der Waals surface area contributed by atoms with Crippen molar-refractivity contribution in [1.82, 2.24) is 9.55 Å². The van der Waals surface area contributed by atoms with E-state index in [2.05, 4.69) is 10.3 Å². The molecule has 1 saturated carbocycles. The molecule has 0 unspecified atom stereocenters. The van der Waals surface area contributed by atoms with E-state index in [0.29, 0.717) is 30.6 Å². The van der Waals surface area contributed by atoms with E-state index in [1.54, 1.807) is 35.2 Å². The number of carbonyl (C=O) groups excluding carboxylic acids is 1. The molecule has 0 aliphatic heterocycles. The lowest BCUT2D eigenvalue weighted by atomic mass is 9.90. The predicted molar refractivity (Wildman–Crippen MR) is 125 cm³/mol. The van der Waals surface area contributed by atoms with Crippen molar-refractivity contribution in [3.05, 3.63) is 88.0 Å². The van der Waals surface area contributed by atoms with Gasteiger partial charge < -0.3 is 14.6 Å². The number of hydrogen-bond acceptors (Lipinski definition) is 4. The van der Waals surface area contributed by atoms with Crippen molar-refractivity contribution >= 4 is 11.7 Å². The molecule has 0 radical (unpaired) electrons. The van der Waals surface area contributed by atoms with Crippen molar-refractivity contribution in [1.29, 1.82) is 0 Å². The van der Waals surface area contributed by atoms with Gasteiger partial charge in [-0.2, -0.15) is 0 Å². The maximum absolute atomic E-state index is 13.0. The van der Waals surface area contributed by atoms with Gasteiger partial charge in [-0.15, -0.1) is 0 Å². The smallest absolute Gasteiger partial charge is 0.263 e. The number of ether oxygens (including phenoxy) is 1. The van der Waals surface area contributed by atoms with Crippen molar-refractivity contribution in [3.8, 4) is 5.75 Å². The zero-order valence-electron chi connectivity index (χ0n) is 18.4. The summed E-state index contributed by atoms with van der Waals surface area (Å²) < 4.78 is 7.54. The highest BCUT2D eigenvalue weighted by Crippen LogP contribution is 2.27. The third-order valence-corrected chi connectivity index (χ3v) is 5.90. The van der Waals surface area contributed by atoms with Gasteiger partial charge in [-0.3, -0.25) is 9.59 Å². The molecule has 1 aromatic carbocycles. The number of aromatic nitrogens is 2. The van der Waals surface area contributed by atoms with Crippen LogP contribution in [0.25, 0.3) is 0 Å². The average Bonchev–Trinajstić information content (AvgIpc) is 2.80. The molecule has 32 heavy (non-hydrogen) atoms. The third-order valence-electron chi connectivity index (χ3n) is 5.90. The molecule has 1 aliphatic rings. The summed E-state index contributed by atoms with van der Waals surface area (Å²) in [6.45, 7) is 3.03. The lowest BCUT2D eigenvalue weighted by Gasteiger charge is -2.22. The highest BCUT2D eigenvalue weighted by Gasteiger charge is 2.18. The lowest BCUT2D eigenvalue weighted by Crippen LogP contribution is -2.29. The van der Waals surface area contributed by atoms with Crippen LogP contribution in [0.3, 0.4) is 0 Å². The van der Waals surface area contributed by atoms with E-state index in [-0.39, 0.29) is 11.1 Å². The van der Waals surface area contributed by atoms with E-state index in [0.717, 1.165) is 11.1 Å². The maximum Gasteiger partial charge on any atom is 0.263 e. The minimum Gasteiger partial charge on any atom is -0.489 e. The molecule has 0 atom stereocenters. The van der Waals surface area contributed by atoms with Crippen molar-refractivity contribution in [2.45, 2.75) is 45.6 Å². The number of anilines is 1. The van der Waals surface area contributed by atoms with E-state index >= 15 is 0 Å². The summed E-state index contributed by atoms with van der Waals surface area (Å²) in [6, 6.07) is 14.8. The number of carbonyl (C=O) groups is 1. The van der Waals surface area contributed by atoms with Crippen molar-refractivity contribution in [2.24, 2.45) is 5.92 Å². The molecule has 0 bridgehead atoms. The van der Waals surface area contributed by atoms with Gasteiger partial charge in [-0.1, -0.05) is 49.1 Å². The van der Waals surface area contributed by atoms with Gasteiger partial charge in [0.25, 0.3) is 11.5 Å². The first kappa shape index (κ1) is 21.8. The average molecular weight is 432 g/mol. The molecule has 2 aromatic heterocycles. The molecule has 0 saturated heterocycles. The Balaban J connectivity index is 1.48. The summed E-state index contributed by atoms with van der Waals surface area (Å²) in [4.78, 5) is 30.2. The Morgan fingerprint density at radius 1 is 1.12 bits per heavy atom. The summed E-state index contributed by atoms with van der Waals surface area (Å²) in [7, 11) is 0. The molecule has 6 heteroatoms. The number of rotatable bonds is 7. The summed E-state index contributed by atoms with van der Waals surface area (Å²) in [5.41, 5.74) is 1.87. The van der Waals surface area contributed by atoms with Crippen LogP contribution in [0.2, 0.25) is 0 Å². The van der Waals surface area contributed by atoms with E-state index < -0.39 is 5.91 Å². The van der Waals surface area contributed by atoms with Crippen LogP contribution >= 0.6 is 0 Å². The Hall–Kier alpha value is -3.41. The molecule has 1 fully saturated rings. The lowest BCUT2D eigenvalue weighted by molar-refractivity contribution is 0.102. The molecule has 1 N–H and O–H groups in total. The molecule has 2 heterocycles. The van der Waals surface area contributed by atoms with Gasteiger partial charge in [-0.05, 0) is 55.5 Å². The second-order valence-electron chi connectivity index (χ2n) is 8.46. The second-order valence-corrected chi connectivity index (χ2v) is 8.46. The highest BCUT2D eigenvalue weighted by atomic mass is 16.5. The van der Waals surface area contributed by atoms with Crippen LogP contribution < -0.4 is 15.6 Å². The number of pyridine rings is 2. The van der Waals surface area contributed by atoms with Crippen LogP contribution in [-0.4, -0.2) is 22.1 Å². The van der Waals surface area contributed by atoms with E-state index in [9.17, 15) is 9.59 Å². The highest BCUT2D eigenvalue weighted by molar-refractivity contribution is 6.04. The van der Waals surface area contributed by atoms with Gasteiger partial charge in [-0.25, -0.2) is 4.98 Å². The molecule has 3 aromatic rings. The van der Waals surface area contributed by atoms with Gasteiger partial charge in [0.1, 0.15) is 5.56 Å². The Bertz CT molecular complexity index is 1130. The van der Waals surface area contributed by atoms with Gasteiger partial charge >= 0.3 is 0 Å². The zero-order valence-corrected chi connectivity index (χ0v) is 18.4. The van der Waals surface area contributed by atoms with E-state index in [1.807, 2.05) is 31.2 Å². The molecule has 1 aliphatic carbocycles. The topological polar surface area (TPSA) is 73.2 Å². The van der Waals surface area contributed by atoms with Gasteiger partial charge in [0, 0.05) is 12.4 Å². The Morgan fingerprint density at radius 3 is 2.78 bits per heavy atom. The van der Waals surface area contributed by atoms with Crippen LogP contribution in [0.4, 0.5) is 5.82 Å². The summed E-state index contributed by atoms with van der Waals surface area (Å²) >= 11 is 0. The summed E-state index contributed by atoms with van der Waals surface area (Å²) in [6.07, 6.45) is 9.42. The summed E-state index contributed by atoms with van der Waals surface area (Å²) in [5.74, 6) is 0.912. The number of nitrogens with one attached hydrogen (secondary N) is 1. The standard InChI is InChI=1S/C26H29N3O3/c1-19-8-5-11-21(16-19)17-29-15-7-12-22(26(29)31)25(30)28-24-23(13-6-14-27-24)32-18-20-9-3-2-4-10-20/h5-8,11-16,20H,2-4,9-10,17-18H2,1H3,(H,27,28,30). The summed E-state index contributed by atoms with van der Waals surface area (Å²) in [5, 5.41) is 2.77. The molecular weight excluding hydrogens is 402 g/mol. The normalized spacial score (nSPS) is 14.2.